The molecule has 5 heteroatoms. The number of ether oxygens (including phenoxy) is 1. The standard InChI is InChI=1S/C20H20N2O3/c1-4-22-16-13-9-8-12-15(16)18(25-20(24)21(2)3)17(19(22)23)14-10-6-5-7-11-14/h5-13H,4H2,1-3H3. The molecule has 1 amide bonds. The van der Waals surface area contributed by atoms with Crippen LogP contribution in [0.1, 0.15) is 6.92 Å². The summed E-state index contributed by atoms with van der Waals surface area (Å²) in [5.74, 6) is 0.301. The second-order valence-electron chi connectivity index (χ2n) is 5.90. The van der Waals surface area contributed by atoms with Gasteiger partial charge < -0.3 is 14.2 Å². The number of carbonyl (C=O) groups is 1. The Hall–Kier alpha value is -3.08. The molecule has 0 aliphatic rings. The van der Waals surface area contributed by atoms with E-state index < -0.39 is 6.09 Å². The number of rotatable bonds is 3. The first-order valence-electron chi connectivity index (χ1n) is 8.14. The molecular formula is C20H20N2O3. The van der Waals surface area contributed by atoms with E-state index in [1.165, 1.54) is 4.90 Å². The van der Waals surface area contributed by atoms with E-state index in [1.54, 1.807) is 18.7 Å². The van der Waals surface area contributed by atoms with Crippen molar-refractivity contribution in [2.75, 3.05) is 14.1 Å². The zero-order chi connectivity index (χ0) is 18.0. The van der Waals surface area contributed by atoms with Crippen molar-refractivity contribution >= 4 is 17.0 Å². The fraction of sp³-hybridized carbons (Fsp3) is 0.200. The highest BCUT2D eigenvalue weighted by atomic mass is 16.6. The highest BCUT2D eigenvalue weighted by Crippen LogP contribution is 2.34. The summed E-state index contributed by atoms with van der Waals surface area (Å²) in [6.07, 6.45) is -0.518. The zero-order valence-electron chi connectivity index (χ0n) is 14.5. The first-order chi connectivity index (χ1) is 12.0. The zero-order valence-corrected chi connectivity index (χ0v) is 14.5. The van der Waals surface area contributed by atoms with Crippen LogP contribution in [0.25, 0.3) is 22.0 Å². The highest BCUT2D eigenvalue weighted by molar-refractivity contribution is 5.94. The fourth-order valence-corrected chi connectivity index (χ4v) is 2.84. The maximum absolute atomic E-state index is 13.1. The molecule has 1 heterocycles. The summed E-state index contributed by atoms with van der Waals surface area (Å²) in [7, 11) is 3.22. The van der Waals surface area contributed by atoms with Gasteiger partial charge in [-0.2, -0.15) is 0 Å². The van der Waals surface area contributed by atoms with Gasteiger partial charge in [0.25, 0.3) is 5.56 Å². The number of hydrogen-bond donors (Lipinski definition) is 0. The predicted octanol–water partition coefficient (Wildman–Crippen LogP) is 3.75. The first kappa shape index (κ1) is 16.8. The van der Waals surface area contributed by atoms with Crippen LogP contribution in [0.5, 0.6) is 5.75 Å². The minimum absolute atomic E-state index is 0.172. The number of nitrogens with zero attached hydrogens (tertiary/aromatic N) is 2. The van der Waals surface area contributed by atoms with Gasteiger partial charge in [0.15, 0.2) is 5.75 Å². The number of amides is 1. The third-order valence-electron chi connectivity index (χ3n) is 4.06. The average Bonchev–Trinajstić information content (AvgIpc) is 2.62. The SMILES string of the molecule is CCn1c(=O)c(-c2ccccc2)c(OC(=O)N(C)C)c2ccccc21. The molecule has 3 rings (SSSR count). The van der Waals surface area contributed by atoms with E-state index in [9.17, 15) is 9.59 Å². The van der Waals surface area contributed by atoms with Crippen molar-refractivity contribution < 1.29 is 9.53 Å². The summed E-state index contributed by atoms with van der Waals surface area (Å²) in [5.41, 5.74) is 1.70. The van der Waals surface area contributed by atoms with Crippen LogP contribution in [0.3, 0.4) is 0 Å². The van der Waals surface area contributed by atoms with E-state index >= 15 is 0 Å². The highest BCUT2D eigenvalue weighted by Gasteiger charge is 2.21. The van der Waals surface area contributed by atoms with Crippen molar-refractivity contribution in [3.8, 4) is 16.9 Å². The van der Waals surface area contributed by atoms with Crippen molar-refractivity contribution in [2.45, 2.75) is 13.5 Å². The van der Waals surface area contributed by atoms with Gasteiger partial charge in [-0.15, -0.1) is 0 Å². The Kier molecular flexibility index (Phi) is 4.57. The third kappa shape index (κ3) is 3.01. The van der Waals surface area contributed by atoms with Crippen molar-refractivity contribution in [3.05, 3.63) is 65.0 Å². The van der Waals surface area contributed by atoms with Crippen LogP contribution in [-0.4, -0.2) is 29.7 Å². The van der Waals surface area contributed by atoms with E-state index in [4.69, 9.17) is 4.74 Å². The topological polar surface area (TPSA) is 51.5 Å². The molecule has 0 spiro atoms. The minimum atomic E-state index is -0.518. The Balaban J connectivity index is 2.41. The fourth-order valence-electron chi connectivity index (χ4n) is 2.84. The van der Waals surface area contributed by atoms with Crippen molar-refractivity contribution in [3.63, 3.8) is 0 Å². The Morgan fingerprint density at radius 2 is 1.68 bits per heavy atom. The molecule has 5 nitrogen and oxygen atoms in total. The van der Waals surface area contributed by atoms with Crippen LogP contribution in [0, 0.1) is 0 Å². The van der Waals surface area contributed by atoms with Crippen LogP contribution in [-0.2, 0) is 6.54 Å². The van der Waals surface area contributed by atoms with Gasteiger partial charge in [0.1, 0.15) is 0 Å². The lowest BCUT2D eigenvalue weighted by atomic mass is 10.0. The first-order valence-corrected chi connectivity index (χ1v) is 8.14. The molecule has 0 aliphatic heterocycles. The maximum Gasteiger partial charge on any atom is 0.414 e. The molecule has 2 aromatic carbocycles. The lowest BCUT2D eigenvalue weighted by Gasteiger charge is -2.18. The minimum Gasteiger partial charge on any atom is -0.409 e. The van der Waals surface area contributed by atoms with Gasteiger partial charge in [0.05, 0.1) is 11.1 Å². The number of hydrogen-bond acceptors (Lipinski definition) is 3. The van der Waals surface area contributed by atoms with Gasteiger partial charge in [0, 0.05) is 26.0 Å². The summed E-state index contributed by atoms with van der Waals surface area (Å²) in [4.78, 5) is 26.7. The number of fused-ring (bicyclic) bond motifs is 1. The number of pyridine rings is 1. The Morgan fingerprint density at radius 1 is 1.04 bits per heavy atom. The molecular weight excluding hydrogens is 316 g/mol. The molecule has 0 atom stereocenters. The second kappa shape index (κ2) is 6.81. The summed E-state index contributed by atoms with van der Waals surface area (Å²) in [6, 6.07) is 16.8. The summed E-state index contributed by atoms with van der Waals surface area (Å²) < 4.78 is 7.33. The third-order valence-corrected chi connectivity index (χ3v) is 4.06. The van der Waals surface area contributed by atoms with Crippen LogP contribution in [0.4, 0.5) is 4.79 Å². The maximum atomic E-state index is 13.1. The van der Waals surface area contributed by atoms with Gasteiger partial charge in [-0.25, -0.2) is 4.79 Å². The van der Waals surface area contributed by atoms with Gasteiger partial charge in [0.2, 0.25) is 0 Å². The number of carbonyl (C=O) groups excluding carboxylic acids is 1. The number of aromatic nitrogens is 1. The predicted molar refractivity (Wildman–Crippen MR) is 99.0 cm³/mol. The number of para-hydroxylation sites is 1. The lowest BCUT2D eigenvalue weighted by molar-refractivity contribution is 0.172. The van der Waals surface area contributed by atoms with Gasteiger partial charge in [-0.05, 0) is 24.6 Å². The van der Waals surface area contributed by atoms with E-state index in [2.05, 4.69) is 0 Å². The van der Waals surface area contributed by atoms with E-state index in [1.807, 2.05) is 61.5 Å². The molecule has 3 aromatic rings. The average molecular weight is 336 g/mol. The normalized spacial score (nSPS) is 10.7. The molecule has 0 N–H and O–H groups in total. The number of benzene rings is 2. The second-order valence-corrected chi connectivity index (χ2v) is 5.90. The summed E-state index contributed by atoms with van der Waals surface area (Å²) in [5, 5.41) is 0.734. The van der Waals surface area contributed by atoms with Crippen molar-refractivity contribution in [1.29, 1.82) is 0 Å². The molecule has 0 bridgehead atoms. The Bertz CT molecular complexity index is 975. The van der Waals surface area contributed by atoms with E-state index in [0.717, 1.165) is 16.5 Å². The molecule has 0 saturated heterocycles. The molecule has 0 saturated carbocycles. The quantitative estimate of drug-likeness (QED) is 0.732. The van der Waals surface area contributed by atoms with Crippen LogP contribution >= 0.6 is 0 Å². The Morgan fingerprint density at radius 3 is 2.32 bits per heavy atom. The van der Waals surface area contributed by atoms with Crippen molar-refractivity contribution in [1.82, 2.24) is 9.47 Å². The van der Waals surface area contributed by atoms with E-state index in [-0.39, 0.29) is 5.56 Å². The Labute approximate surface area is 146 Å². The molecule has 0 radical (unpaired) electrons. The van der Waals surface area contributed by atoms with E-state index in [0.29, 0.717) is 17.9 Å². The molecule has 0 fully saturated rings. The molecule has 25 heavy (non-hydrogen) atoms. The lowest BCUT2D eigenvalue weighted by Crippen LogP contribution is -2.28. The largest absolute Gasteiger partial charge is 0.414 e. The molecule has 0 aliphatic carbocycles. The molecule has 128 valence electrons. The van der Waals surface area contributed by atoms with Crippen LogP contribution in [0.2, 0.25) is 0 Å². The van der Waals surface area contributed by atoms with Gasteiger partial charge in [-0.1, -0.05) is 42.5 Å². The van der Waals surface area contributed by atoms with Crippen molar-refractivity contribution in [2.24, 2.45) is 0 Å². The van der Waals surface area contributed by atoms with Gasteiger partial charge >= 0.3 is 6.09 Å². The smallest absolute Gasteiger partial charge is 0.409 e. The van der Waals surface area contributed by atoms with Crippen LogP contribution < -0.4 is 10.3 Å². The van der Waals surface area contributed by atoms with Gasteiger partial charge in [-0.3, -0.25) is 4.79 Å². The number of aryl methyl sites for hydroxylation is 1. The molecule has 0 unspecified atom stereocenters. The van der Waals surface area contributed by atoms with Crippen LogP contribution in [0.15, 0.2) is 59.4 Å². The monoisotopic (exact) mass is 336 g/mol. The molecule has 1 aromatic heterocycles. The summed E-state index contributed by atoms with van der Waals surface area (Å²) >= 11 is 0. The summed E-state index contributed by atoms with van der Waals surface area (Å²) in [6.45, 7) is 2.45.